The molecule has 0 aromatic heterocycles. The van der Waals surface area contributed by atoms with Crippen molar-refractivity contribution in [2.45, 2.75) is 141 Å². The molecule has 0 aliphatic carbocycles. The van der Waals surface area contributed by atoms with Crippen LogP contribution in [-0.4, -0.2) is 112 Å². The Hall–Kier alpha value is -3.75. The first-order valence-electron chi connectivity index (χ1n) is 17.9. The van der Waals surface area contributed by atoms with Crippen LogP contribution in [0.25, 0.3) is 0 Å². The molecule has 1 aromatic carbocycles. The van der Waals surface area contributed by atoms with E-state index in [4.69, 9.17) is 9.47 Å². The minimum absolute atomic E-state index is 0.0381. The van der Waals surface area contributed by atoms with Crippen molar-refractivity contribution in [3.63, 3.8) is 0 Å². The van der Waals surface area contributed by atoms with E-state index in [9.17, 15) is 34.2 Å². The van der Waals surface area contributed by atoms with E-state index >= 15 is 0 Å². The lowest BCUT2D eigenvalue weighted by Crippen LogP contribution is -2.64. The van der Waals surface area contributed by atoms with Crippen LogP contribution in [0.2, 0.25) is 0 Å². The molecule has 3 aliphatic heterocycles. The van der Waals surface area contributed by atoms with Crippen molar-refractivity contribution >= 4 is 29.6 Å². The van der Waals surface area contributed by atoms with Gasteiger partial charge in [-0.2, -0.15) is 0 Å². The zero-order valence-electron chi connectivity index (χ0n) is 30.3. The molecule has 4 amide bonds. The number of aliphatic hydroxyl groups excluding tert-OH is 1. The molecule has 1 unspecified atom stereocenters. The Bertz CT molecular complexity index is 1370. The van der Waals surface area contributed by atoms with E-state index in [2.05, 4.69) is 16.0 Å². The molecule has 14 nitrogen and oxygen atoms in total. The van der Waals surface area contributed by atoms with Crippen molar-refractivity contribution in [2.24, 2.45) is 11.8 Å². The van der Waals surface area contributed by atoms with Crippen molar-refractivity contribution in [1.29, 1.82) is 0 Å². The highest BCUT2D eigenvalue weighted by Crippen LogP contribution is 2.36. The summed E-state index contributed by atoms with van der Waals surface area (Å²) in [7, 11) is 1.58. The van der Waals surface area contributed by atoms with E-state index in [1.165, 1.54) is 21.9 Å². The molecule has 278 valence electrons. The van der Waals surface area contributed by atoms with Crippen LogP contribution in [0.5, 0.6) is 5.75 Å². The number of amides is 4. The van der Waals surface area contributed by atoms with Gasteiger partial charge >= 0.3 is 5.97 Å². The fraction of sp³-hybridized carbons (Fsp3) is 0.694. The second-order valence-electron chi connectivity index (χ2n) is 14.5. The van der Waals surface area contributed by atoms with Crippen molar-refractivity contribution < 1.29 is 43.7 Å². The molecule has 0 radical (unpaired) electrons. The number of phenols is 1. The van der Waals surface area contributed by atoms with E-state index in [1.807, 2.05) is 34.6 Å². The average Bonchev–Trinajstić information content (AvgIpc) is 3.45. The van der Waals surface area contributed by atoms with Gasteiger partial charge < -0.3 is 40.5 Å². The van der Waals surface area contributed by atoms with Crippen molar-refractivity contribution in [2.75, 3.05) is 7.05 Å². The summed E-state index contributed by atoms with van der Waals surface area (Å²) in [6, 6.07) is 1.49. The molecule has 3 saturated heterocycles. The number of aliphatic hydroxyl groups is 1. The van der Waals surface area contributed by atoms with Crippen LogP contribution in [0.3, 0.4) is 0 Å². The monoisotopic (exact) mass is 701 g/mol. The zero-order valence-corrected chi connectivity index (χ0v) is 30.3. The molecule has 50 heavy (non-hydrogen) atoms. The van der Waals surface area contributed by atoms with E-state index in [-0.39, 0.29) is 30.4 Å². The standard InChI is InChI=1S/C36H55N5O9/c1-8-20(5)30-36(48)49-21(6)17-28(43)37-25(16-19(3)4)32(44)38-24-14-15-29-41(34(24)46)31(27(9-2)50-29)35(47)40(7)26(33(45)39-30)18-22-10-12-23(42)13-11-22/h10-13,19-21,24-27,29-31,35,42,47H,8-9,14-18H2,1-7H3,(H,37,43)(H,38,44)(H,39,45)/t20-,21+,24-,25-,26-,27-,29+,30-,31-,35?/m0/s1. The summed E-state index contributed by atoms with van der Waals surface area (Å²) in [4.78, 5) is 71.7. The first kappa shape index (κ1) is 39.0. The topological polar surface area (TPSA) is 187 Å². The van der Waals surface area contributed by atoms with Crippen LogP contribution >= 0.6 is 0 Å². The maximum atomic E-state index is 14.2. The minimum atomic E-state index is -1.39. The molecule has 0 spiro atoms. The van der Waals surface area contributed by atoms with Crippen molar-refractivity contribution in [3.8, 4) is 5.75 Å². The smallest absolute Gasteiger partial charge is 0.329 e. The lowest BCUT2D eigenvalue weighted by molar-refractivity contribution is -0.157. The molecule has 5 N–H and O–H groups in total. The summed E-state index contributed by atoms with van der Waals surface area (Å²) in [5.74, 6) is -2.94. The van der Waals surface area contributed by atoms with Crippen LogP contribution in [0.1, 0.15) is 85.6 Å². The number of rotatable bonds is 7. The van der Waals surface area contributed by atoms with E-state index in [0.717, 1.165) is 0 Å². The number of carbonyl (C=O) groups excluding carboxylic acids is 5. The summed E-state index contributed by atoms with van der Waals surface area (Å²) in [6.45, 7) is 11.0. The van der Waals surface area contributed by atoms with E-state index in [1.54, 1.807) is 26.1 Å². The second-order valence-corrected chi connectivity index (χ2v) is 14.5. The molecule has 1 aromatic rings. The Morgan fingerprint density at radius 3 is 2.26 bits per heavy atom. The molecule has 2 bridgehead atoms. The Morgan fingerprint density at radius 1 is 0.960 bits per heavy atom. The maximum absolute atomic E-state index is 14.2. The first-order valence-corrected chi connectivity index (χ1v) is 17.9. The number of cyclic esters (lactones) is 1. The zero-order chi connectivity index (χ0) is 36.9. The fourth-order valence-corrected chi connectivity index (χ4v) is 7.06. The predicted molar refractivity (Wildman–Crippen MR) is 183 cm³/mol. The van der Waals surface area contributed by atoms with Gasteiger partial charge in [0.1, 0.15) is 48.5 Å². The number of fused-ring (bicyclic) bond motifs is 1. The highest BCUT2D eigenvalue weighted by atomic mass is 16.5. The highest BCUT2D eigenvalue weighted by molar-refractivity contribution is 5.93. The van der Waals surface area contributed by atoms with Crippen LogP contribution in [0.15, 0.2) is 24.3 Å². The van der Waals surface area contributed by atoms with Crippen LogP contribution in [0.4, 0.5) is 0 Å². The number of esters is 1. The number of nitrogens with zero attached hydrogens (tertiary/aromatic N) is 2. The number of likely N-dealkylation sites (N-methyl/N-ethyl adjacent to an activating group) is 1. The number of piperidine rings is 1. The van der Waals surface area contributed by atoms with Gasteiger partial charge in [-0.15, -0.1) is 0 Å². The lowest BCUT2D eigenvalue weighted by atomic mass is 9.96. The molecule has 4 rings (SSSR count). The van der Waals surface area contributed by atoms with Gasteiger partial charge in [0.05, 0.1) is 18.6 Å². The molecular weight excluding hydrogens is 646 g/mol. The van der Waals surface area contributed by atoms with Crippen LogP contribution in [0, 0.1) is 11.8 Å². The Kier molecular flexibility index (Phi) is 13.3. The summed E-state index contributed by atoms with van der Waals surface area (Å²) >= 11 is 0. The SMILES string of the molecule is CC[C@@H]1O[C@@H]2CC[C@@H]3NC(=O)[C@H](CC(C)C)NC(=O)C[C@@H](C)OC(=O)[C@H]([C@@H](C)CC)NC(=O)[C@H](Cc4ccc(O)cc4)N(C)C(O)[C@H]1N2C3=O. The number of phenolic OH excluding ortho intramolecular Hbond substituents is 1. The number of ether oxygens (including phenoxy) is 2. The second kappa shape index (κ2) is 17.0. The summed E-state index contributed by atoms with van der Waals surface area (Å²) < 4.78 is 12.0. The Morgan fingerprint density at radius 2 is 1.64 bits per heavy atom. The third-order valence-electron chi connectivity index (χ3n) is 10.1. The first-order chi connectivity index (χ1) is 23.6. The van der Waals surface area contributed by atoms with E-state index in [0.29, 0.717) is 37.7 Å². The number of hydrogen-bond acceptors (Lipinski definition) is 10. The van der Waals surface area contributed by atoms with Crippen LogP contribution in [-0.2, 0) is 39.9 Å². The van der Waals surface area contributed by atoms with Gasteiger partial charge in [-0.1, -0.05) is 53.2 Å². The van der Waals surface area contributed by atoms with Gasteiger partial charge in [0.15, 0.2) is 0 Å². The van der Waals surface area contributed by atoms with Crippen molar-refractivity contribution in [3.05, 3.63) is 29.8 Å². The molecule has 3 heterocycles. The number of hydrogen-bond donors (Lipinski definition) is 5. The maximum Gasteiger partial charge on any atom is 0.329 e. The highest BCUT2D eigenvalue weighted by Gasteiger charge is 2.53. The van der Waals surface area contributed by atoms with Crippen molar-refractivity contribution in [1.82, 2.24) is 25.8 Å². The molecule has 0 saturated carbocycles. The van der Waals surface area contributed by atoms with Gasteiger partial charge in [-0.05, 0) is 75.6 Å². The number of aromatic hydroxyl groups is 1. The summed E-state index contributed by atoms with van der Waals surface area (Å²) in [6.07, 6.45) is -1.57. The molecule has 3 fully saturated rings. The third-order valence-corrected chi connectivity index (χ3v) is 10.1. The van der Waals surface area contributed by atoms with Gasteiger partial charge in [0.2, 0.25) is 23.6 Å². The number of carbonyl (C=O) groups is 5. The fourth-order valence-electron chi connectivity index (χ4n) is 7.06. The largest absolute Gasteiger partial charge is 0.508 e. The lowest BCUT2D eigenvalue weighted by Gasteiger charge is -2.42. The molecule has 14 heteroatoms. The minimum Gasteiger partial charge on any atom is -0.508 e. The summed E-state index contributed by atoms with van der Waals surface area (Å²) in [5.41, 5.74) is 0.683. The molecule has 10 atom stereocenters. The number of benzene rings is 1. The molecule has 3 aliphatic rings. The van der Waals surface area contributed by atoms with E-state index < -0.39 is 84.5 Å². The number of nitrogens with one attached hydrogen (secondary N) is 3. The average molecular weight is 702 g/mol. The normalized spacial score (nSPS) is 32.7. The summed E-state index contributed by atoms with van der Waals surface area (Å²) in [5, 5.41) is 30.4. The third kappa shape index (κ3) is 9.12. The predicted octanol–water partition coefficient (Wildman–Crippen LogP) is 1.56. The molecular formula is C36H55N5O9. The van der Waals surface area contributed by atoms with Gasteiger partial charge in [0, 0.05) is 0 Å². The van der Waals surface area contributed by atoms with Crippen LogP contribution < -0.4 is 16.0 Å². The van der Waals surface area contributed by atoms with Gasteiger partial charge in [-0.25, -0.2) is 4.79 Å². The van der Waals surface area contributed by atoms with Gasteiger partial charge in [0.25, 0.3) is 0 Å². The Labute approximate surface area is 294 Å². The Balaban J connectivity index is 1.77. The van der Waals surface area contributed by atoms with Gasteiger partial charge in [-0.3, -0.25) is 24.1 Å². The quantitative estimate of drug-likeness (QED) is 0.261.